The number of nitrogens with two attached hydrogens (primary N) is 1. The fourth-order valence-corrected chi connectivity index (χ4v) is 2.84. The zero-order chi connectivity index (χ0) is 16.3. The first kappa shape index (κ1) is 16.8. The minimum absolute atomic E-state index is 0.174. The molecule has 2 aromatic rings. The highest BCUT2D eigenvalue weighted by atomic mass is 35.5. The molecule has 0 aliphatic carbocycles. The van der Waals surface area contributed by atoms with Gasteiger partial charge in [-0.3, -0.25) is 4.79 Å². The van der Waals surface area contributed by atoms with Crippen LogP contribution in [-0.2, 0) is 15.8 Å². The van der Waals surface area contributed by atoms with Crippen molar-refractivity contribution in [3.8, 4) is 0 Å². The van der Waals surface area contributed by atoms with Crippen molar-refractivity contribution < 1.29 is 13.2 Å². The lowest BCUT2D eigenvalue weighted by Crippen LogP contribution is -2.15. The number of anilines is 1. The lowest BCUT2D eigenvalue weighted by Gasteiger charge is -2.08. The van der Waals surface area contributed by atoms with Crippen molar-refractivity contribution in [2.75, 3.05) is 5.32 Å². The van der Waals surface area contributed by atoms with Crippen LogP contribution >= 0.6 is 23.2 Å². The van der Waals surface area contributed by atoms with Gasteiger partial charge in [0.05, 0.1) is 21.4 Å². The molecule has 8 heteroatoms. The van der Waals surface area contributed by atoms with Crippen molar-refractivity contribution in [2.45, 2.75) is 5.75 Å². The normalized spacial score (nSPS) is 11.2. The van der Waals surface area contributed by atoms with E-state index in [2.05, 4.69) is 5.32 Å². The Bertz CT molecular complexity index is 805. The fourth-order valence-electron chi connectivity index (χ4n) is 1.79. The Balaban J connectivity index is 2.14. The number of rotatable bonds is 4. The molecule has 0 spiro atoms. The van der Waals surface area contributed by atoms with Gasteiger partial charge >= 0.3 is 0 Å². The molecule has 22 heavy (non-hydrogen) atoms. The molecular weight excluding hydrogens is 347 g/mol. The van der Waals surface area contributed by atoms with Gasteiger partial charge in [0.1, 0.15) is 0 Å². The summed E-state index contributed by atoms with van der Waals surface area (Å²) in [4.78, 5) is 12.1. The Hall–Kier alpha value is -1.60. The third kappa shape index (κ3) is 4.45. The van der Waals surface area contributed by atoms with E-state index in [1.54, 1.807) is 42.5 Å². The Morgan fingerprint density at radius 1 is 1.09 bits per heavy atom. The number of primary sulfonamides is 1. The molecule has 0 heterocycles. The predicted molar refractivity (Wildman–Crippen MR) is 87.7 cm³/mol. The van der Waals surface area contributed by atoms with Crippen LogP contribution in [0.15, 0.2) is 42.5 Å². The number of halogens is 2. The number of carbonyl (C=O) groups excluding carboxylic acids is 1. The highest BCUT2D eigenvalue weighted by Crippen LogP contribution is 2.26. The van der Waals surface area contributed by atoms with Gasteiger partial charge in [0, 0.05) is 5.69 Å². The summed E-state index contributed by atoms with van der Waals surface area (Å²) >= 11 is 11.8. The Morgan fingerprint density at radius 3 is 2.32 bits per heavy atom. The molecule has 0 saturated heterocycles. The molecular formula is C14H12Cl2N2O3S. The number of hydrogen-bond acceptors (Lipinski definition) is 3. The Kier molecular flexibility index (Phi) is 5.08. The van der Waals surface area contributed by atoms with Gasteiger partial charge in [-0.15, -0.1) is 0 Å². The zero-order valence-corrected chi connectivity index (χ0v) is 13.5. The molecule has 0 unspecified atom stereocenters. The van der Waals surface area contributed by atoms with Crippen molar-refractivity contribution in [1.29, 1.82) is 0 Å². The van der Waals surface area contributed by atoms with Crippen LogP contribution in [0.25, 0.3) is 0 Å². The van der Waals surface area contributed by atoms with Crippen LogP contribution in [0.2, 0.25) is 10.0 Å². The van der Waals surface area contributed by atoms with Gasteiger partial charge in [-0.25, -0.2) is 13.6 Å². The van der Waals surface area contributed by atoms with E-state index in [0.29, 0.717) is 11.3 Å². The average molecular weight is 359 g/mol. The summed E-state index contributed by atoms with van der Waals surface area (Å²) in [7, 11) is -3.59. The van der Waals surface area contributed by atoms with Crippen LogP contribution in [0.4, 0.5) is 5.69 Å². The van der Waals surface area contributed by atoms with Crippen LogP contribution in [0.1, 0.15) is 15.9 Å². The van der Waals surface area contributed by atoms with Crippen molar-refractivity contribution in [1.82, 2.24) is 0 Å². The standard InChI is InChI=1S/C14H12Cl2N2O3S/c15-12-3-1-2-11(13(12)16)14(19)18-10-6-4-9(5-7-10)8-22(17,20)21/h1-7H,8H2,(H,18,19)(H2,17,20,21). The Morgan fingerprint density at radius 2 is 1.73 bits per heavy atom. The maximum Gasteiger partial charge on any atom is 0.257 e. The van der Waals surface area contributed by atoms with Crippen LogP contribution < -0.4 is 10.5 Å². The number of amides is 1. The van der Waals surface area contributed by atoms with Gasteiger partial charge in [-0.1, -0.05) is 41.4 Å². The molecule has 116 valence electrons. The van der Waals surface area contributed by atoms with Crippen molar-refractivity contribution in [3.05, 3.63) is 63.6 Å². The third-order valence-electron chi connectivity index (χ3n) is 2.78. The predicted octanol–water partition coefficient (Wildman–Crippen LogP) is 3.03. The number of hydrogen-bond donors (Lipinski definition) is 2. The molecule has 0 saturated carbocycles. The minimum Gasteiger partial charge on any atom is -0.322 e. The summed E-state index contributed by atoms with van der Waals surface area (Å²) in [5.41, 5.74) is 1.28. The molecule has 0 atom stereocenters. The maximum absolute atomic E-state index is 12.1. The van der Waals surface area contributed by atoms with E-state index in [1.165, 1.54) is 0 Å². The van der Waals surface area contributed by atoms with Crippen molar-refractivity contribution in [2.24, 2.45) is 5.14 Å². The van der Waals surface area contributed by atoms with Gasteiger partial charge in [0.2, 0.25) is 10.0 Å². The van der Waals surface area contributed by atoms with Gasteiger partial charge in [-0.2, -0.15) is 0 Å². The SMILES string of the molecule is NS(=O)(=O)Cc1ccc(NC(=O)c2cccc(Cl)c2Cl)cc1. The molecule has 3 N–H and O–H groups in total. The summed E-state index contributed by atoms with van der Waals surface area (Å²) in [5, 5.41) is 8.09. The van der Waals surface area contributed by atoms with E-state index >= 15 is 0 Å². The smallest absolute Gasteiger partial charge is 0.257 e. The fraction of sp³-hybridized carbons (Fsp3) is 0.0714. The third-order valence-corrected chi connectivity index (χ3v) is 4.33. The van der Waals surface area contributed by atoms with E-state index in [4.69, 9.17) is 28.3 Å². The van der Waals surface area contributed by atoms with E-state index in [0.717, 1.165) is 0 Å². The molecule has 5 nitrogen and oxygen atoms in total. The second kappa shape index (κ2) is 6.66. The summed E-state index contributed by atoms with van der Waals surface area (Å²) in [6, 6.07) is 11.1. The molecule has 0 aromatic heterocycles. The quantitative estimate of drug-likeness (QED) is 0.879. The first-order valence-electron chi connectivity index (χ1n) is 6.11. The average Bonchev–Trinajstić information content (AvgIpc) is 2.42. The molecule has 0 radical (unpaired) electrons. The first-order valence-corrected chi connectivity index (χ1v) is 8.58. The van der Waals surface area contributed by atoms with Gasteiger partial charge < -0.3 is 5.32 Å². The summed E-state index contributed by atoms with van der Waals surface area (Å²) < 4.78 is 22.0. The number of sulfonamides is 1. The zero-order valence-electron chi connectivity index (χ0n) is 11.2. The summed E-state index contributed by atoms with van der Waals surface area (Å²) in [6.07, 6.45) is 0. The number of nitrogens with one attached hydrogen (secondary N) is 1. The van der Waals surface area contributed by atoms with Gasteiger partial charge in [-0.05, 0) is 29.8 Å². The summed E-state index contributed by atoms with van der Waals surface area (Å²) in [5.74, 6) is -0.673. The molecule has 2 aromatic carbocycles. The van der Waals surface area contributed by atoms with Gasteiger partial charge in [0.25, 0.3) is 5.91 Å². The molecule has 1 amide bonds. The monoisotopic (exact) mass is 358 g/mol. The minimum atomic E-state index is -3.59. The largest absolute Gasteiger partial charge is 0.322 e. The summed E-state index contributed by atoms with van der Waals surface area (Å²) in [6.45, 7) is 0. The molecule has 2 rings (SSSR count). The maximum atomic E-state index is 12.1. The molecule has 0 aliphatic heterocycles. The van der Waals surface area contributed by atoms with E-state index in [1.807, 2.05) is 0 Å². The van der Waals surface area contributed by atoms with Crippen LogP contribution in [0, 0.1) is 0 Å². The molecule has 0 aliphatic rings. The molecule has 0 fully saturated rings. The molecule has 0 bridgehead atoms. The van der Waals surface area contributed by atoms with E-state index in [-0.39, 0.29) is 21.4 Å². The topological polar surface area (TPSA) is 89.3 Å². The lowest BCUT2D eigenvalue weighted by molar-refractivity contribution is 0.102. The number of carbonyl (C=O) groups is 1. The number of benzene rings is 2. The van der Waals surface area contributed by atoms with Crippen molar-refractivity contribution >= 4 is 44.8 Å². The second-order valence-corrected chi connectivity index (χ2v) is 6.96. The Labute approximate surface area is 138 Å². The first-order chi connectivity index (χ1) is 10.3. The van der Waals surface area contributed by atoms with E-state index in [9.17, 15) is 13.2 Å². The van der Waals surface area contributed by atoms with Crippen LogP contribution in [0.3, 0.4) is 0 Å². The van der Waals surface area contributed by atoms with E-state index < -0.39 is 15.9 Å². The van der Waals surface area contributed by atoms with Gasteiger partial charge in [0.15, 0.2) is 0 Å². The highest BCUT2D eigenvalue weighted by Gasteiger charge is 2.13. The second-order valence-electron chi connectivity index (χ2n) is 4.56. The van der Waals surface area contributed by atoms with Crippen molar-refractivity contribution in [3.63, 3.8) is 0 Å². The van der Waals surface area contributed by atoms with Crippen LogP contribution in [0.5, 0.6) is 0 Å². The lowest BCUT2D eigenvalue weighted by atomic mass is 10.2. The van der Waals surface area contributed by atoms with Crippen LogP contribution in [-0.4, -0.2) is 14.3 Å². The highest BCUT2D eigenvalue weighted by molar-refractivity contribution is 7.88.